The molecule has 4 nitrogen and oxygen atoms in total. The van der Waals surface area contributed by atoms with Crippen LogP contribution >= 0.6 is 0 Å². The second-order valence-electron chi connectivity index (χ2n) is 7.01. The number of piperidine rings is 1. The van der Waals surface area contributed by atoms with Crippen LogP contribution in [0, 0.1) is 5.82 Å². The minimum atomic E-state index is -3.06. The van der Waals surface area contributed by atoms with Gasteiger partial charge in [0.1, 0.15) is 11.4 Å². The summed E-state index contributed by atoms with van der Waals surface area (Å²) in [5.41, 5.74) is 0.00566. The largest absolute Gasteiger partial charge is 0.444 e. The Bertz CT molecular complexity index is 570. The Morgan fingerprint density at radius 1 is 1.33 bits per heavy atom. The van der Waals surface area contributed by atoms with Gasteiger partial charge in [0, 0.05) is 13.1 Å². The predicted octanol–water partition coefficient (Wildman–Crippen LogP) is 3.56. The van der Waals surface area contributed by atoms with Crippen LogP contribution in [0.15, 0.2) is 24.3 Å². The van der Waals surface area contributed by atoms with Crippen LogP contribution in [-0.2, 0) is 11.3 Å². The van der Waals surface area contributed by atoms with Crippen molar-refractivity contribution in [2.24, 2.45) is 0 Å². The number of nitrogens with zero attached hydrogens (tertiary/aromatic N) is 1. The first-order valence-electron chi connectivity index (χ1n) is 7.90. The Morgan fingerprint density at radius 2 is 1.96 bits per heavy atom. The number of benzene rings is 1. The Hall–Kier alpha value is -1.76. The molecule has 1 aromatic rings. The molecular weight excluding hydrogens is 321 g/mol. The highest BCUT2D eigenvalue weighted by Gasteiger charge is 2.46. The van der Waals surface area contributed by atoms with Crippen LogP contribution in [-0.4, -0.2) is 41.6 Å². The molecule has 0 bridgehead atoms. The molecule has 1 aromatic carbocycles. The van der Waals surface area contributed by atoms with Crippen molar-refractivity contribution in [1.29, 1.82) is 0 Å². The lowest BCUT2D eigenvalue weighted by molar-refractivity contribution is -0.0918. The standard InChI is InChI=1S/C17H23F3N2O2/c1-16(2,3)24-15(23)22-9-8-14(17(19,20)11-22)21-10-12-4-6-13(18)7-5-12/h4-7,14,21H,8-11H2,1-3H3/t14-/m1/s1. The van der Waals surface area contributed by atoms with E-state index in [1.54, 1.807) is 32.9 Å². The molecule has 1 N–H and O–H groups in total. The number of likely N-dealkylation sites (tertiary alicyclic amines) is 1. The van der Waals surface area contributed by atoms with E-state index in [9.17, 15) is 18.0 Å². The molecule has 0 radical (unpaired) electrons. The average Bonchev–Trinajstić information content (AvgIpc) is 2.45. The Labute approximate surface area is 140 Å². The number of ether oxygens (including phenoxy) is 1. The van der Waals surface area contributed by atoms with Gasteiger partial charge in [0.15, 0.2) is 0 Å². The number of hydrogen-bond donors (Lipinski definition) is 1. The Morgan fingerprint density at radius 3 is 2.50 bits per heavy atom. The second-order valence-corrected chi connectivity index (χ2v) is 7.01. The minimum Gasteiger partial charge on any atom is -0.444 e. The molecule has 1 atom stereocenters. The van der Waals surface area contributed by atoms with Gasteiger partial charge < -0.3 is 15.0 Å². The Balaban J connectivity index is 1.91. The van der Waals surface area contributed by atoms with Crippen LogP contribution < -0.4 is 5.32 Å². The average molecular weight is 344 g/mol. The van der Waals surface area contributed by atoms with Gasteiger partial charge in [-0.1, -0.05) is 12.1 Å². The number of carbonyl (C=O) groups excluding carboxylic acids is 1. The van der Waals surface area contributed by atoms with Gasteiger partial charge in [0.05, 0.1) is 12.6 Å². The van der Waals surface area contributed by atoms with Crippen molar-refractivity contribution in [3.8, 4) is 0 Å². The molecule has 1 heterocycles. The van der Waals surface area contributed by atoms with Crippen molar-refractivity contribution < 1.29 is 22.7 Å². The van der Waals surface area contributed by atoms with Crippen LogP contribution in [0.1, 0.15) is 32.8 Å². The van der Waals surface area contributed by atoms with Crippen molar-refractivity contribution in [3.63, 3.8) is 0 Å². The van der Waals surface area contributed by atoms with E-state index in [0.717, 1.165) is 10.5 Å². The fourth-order valence-electron chi connectivity index (χ4n) is 2.52. The third-order valence-corrected chi connectivity index (χ3v) is 3.72. The normalized spacial score (nSPS) is 20.8. The quantitative estimate of drug-likeness (QED) is 0.912. The van der Waals surface area contributed by atoms with E-state index in [-0.39, 0.29) is 25.3 Å². The van der Waals surface area contributed by atoms with E-state index in [2.05, 4.69) is 5.32 Å². The lowest BCUT2D eigenvalue weighted by atomic mass is 10.0. The topological polar surface area (TPSA) is 41.6 Å². The first-order chi connectivity index (χ1) is 11.1. The Kier molecular flexibility index (Phi) is 5.42. The predicted molar refractivity (Wildman–Crippen MR) is 84.4 cm³/mol. The van der Waals surface area contributed by atoms with E-state index < -0.39 is 30.2 Å². The molecule has 1 fully saturated rings. The van der Waals surface area contributed by atoms with Crippen molar-refractivity contribution in [2.45, 2.75) is 51.3 Å². The van der Waals surface area contributed by atoms with Gasteiger partial charge in [-0.3, -0.25) is 0 Å². The third kappa shape index (κ3) is 5.12. The summed E-state index contributed by atoms with van der Waals surface area (Å²) in [5.74, 6) is -3.43. The summed E-state index contributed by atoms with van der Waals surface area (Å²) in [5, 5.41) is 2.80. The lowest BCUT2D eigenvalue weighted by Gasteiger charge is -2.39. The van der Waals surface area contributed by atoms with Crippen LogP contribution in [0.25, 0.3) is 0 Å². The molecule has 1 aliphatic heterocycles. The fraction of sp³-hybridized carbons (Fsp3) is 0.588. The number of alkyl halides is 2. The zero-order valence-electron chi connectivity index (χ0n) is 14.1. The summed E-state index contributed by atoms with van der Waals surface area (Å²) in [6.45, 7) is 4.82. The number of amides is 1. The van der Waals surface area contributed by atoms with E-state index in [1.165, 1.54) is 12.1 Å². The summed E-state index contributed by atoms with van der Waals surface area (Å²) in [7, 11) is 0. The monoisotopic (exact) mass is 344 g/mol. The van der Waals surface area contributed by atoms with Crippen molar-refractivity contribution >= 4 is 6.09 Å². The van der Waals surface area contributed by atoms with Crippen molar-refractivity contribution in [2.75, 3.05) is 13.1 Å². The molecule has 1 aliphatic rings. The maximum Gasteiger partial charge on any atom is 0.410 e. The molecule has 0 unspecified atom stereocenters. The molecule has 0 aromatic heterocycles. The van der Waals surface area contributed by atoms with Crippen LogP contribution in [0.4, 0.5) is 18.0 Å². The second kappa shape index (κ2) is 7.01. The zero-order chi connectivity index (χ0) is 18.0. The van der Waals surface area contributed by atoms with E-state index in [0.29, 0.717) is 0 Å². The lowest BCUT2D eigenvalue weighted by Crippen LogP contribution is -2.58. The summed E-state index contributed by atoms with van der Waals surface area (Å²) in [6.07, 6.45) is -0.605. The highest BCUT2D eigenvalue weighted by molar-refractivity contribution is 5.68. The molecule has 0 saturated carbocycles. The van der Waals surface area contributed by atoms with Crippen molar-refractivity contribution in [3.05, 3.63) is 35.6 Å². The minimum absolute atomic E-state index is 0.118. The fourth-order valence-corrected chi connectivity index (χ4v) is 2.52. The maximum atomic E-state index is 14.3. The SMILES string of the molecule is CC(C)(C)OC(=O)N1CC[C@@H](NCc2ccc(F)cc2)C(F)(F)C1. The number of carbonyl (C=O) groups is 1. The number of halogens is 3. The van der Waals surface area contributed by atoms with Crippen LogP contribution in [0.5, 0.6) is 0 Å². The first kappa shape index (κ1) is 18.6. The zero-order valence-corrected chi connectivity index (χ0v) is 14.1. The molecular formula is C17H23F3N2O2. The van der Waals surface area contributed by atoms with Gasteiger partial charge in [-0.15, -0.1) is 0 Å². The molecule has 1 amide bonds. The highest BCUT2D eigenvalue weighted by Crippen LogP contribution is 2.28. The molecule has 7 heteroatoms. The van der Waals surface area contributed by atoms with Gasteiger partial charge in [-0.2, -0.15) is 0 Å². The summed E-state index contributed by atoms with van der Waals surface area (Å²) in [4.78, 5) is 13.0. The summed E-state index contributed by atoms with van der Waals surface area (Å²) >= 11 is 0. The molecule has 134 valence electrons. The van der Waals surface area contributed by atoms with Gasteiger partial charge in [-0.25, -0.2) is 18.0 Å². The summed E-state index contributed by atoms with van der Waals surface area (Å²) in [6, 6.07) is 4.65. The van der Waals surface area contributed by atoms with E-state index >= 15 is 0 Å². The van der Waals surface area contributed by atoms with E-state index in [1.807, 2.05) is 0 Å². The van der Waals surface area contributed by atoms with E-state index in [4.69, 9.17) is 4.74 Å². The maximum absolute atomic E-state index is 14.3. The van der Waals surface area contributed by atoms with Gasteiger partial charge >= 0.3 is 6.09 Å². The number of nitrogens with one attached hydrogen (secondary N) is 1. The van der Waals surface area contributed by atoms with Gasteiger partial charge in [0.2, 0.25) is 0 Å². The smallest absolute Gasteiger partial charge is 0.410 e. The van der Waals surface area contributed by atoms with Gasteiger partial charge in [-0.05, 0) is 44.9 Å². The van der Waals surface area contributed by atoms with Crippen LogP contribution in [0.3, 0.4) is 0 Å². The molecule has 2 rings (SSSR count). The molecule has 0 spiro atoms. The van der Waals surface area contributed by atoms with Crippen molar-refractivity contribution in [1.82, 2.24) is 10.2 Å². The van der Waals surface area contributed by atoms with Gasteiger partial charge in [0.25, 0.3) is 5.92 Å². The molecule has 24 heavy (non-hydrogen) atoms. The number of rotatable bonds is 3. The third-order valence-electron chi connectivity index (χ3n) is 3.72. The highest BCUT2D eigenvalue weighted by atomic mass is 19.3. The summed E-state index contributed by atoms with van der Waals surface area (Å²) < 4.78 is 46.6. The number of hydrogen-bond acceptors (Lipinski definition) is 3. The molecule has 1 saturated heterocycles. The first-order valence-corrected chi connectivity index (χ1v) is 7.90. The molecule has 0 aliphatic carbocycles. The van der Waals surface area contributed by atoms with Crippen LogP contribution in [0.2, 0.25) is 0 Å².